The molecule has 152 valence electrons. The molecule has 0 bridgehead atoms. The SMILES string of the molecule is COc1cccc(N2C(=O)C(SCc3ccco3)=C(c3ccc(C)c(C)c3)C2=O)c1. The number of benzene rings is 2. The lowest BCUT2D eigenvalue weighted by atomic mass is 10.0. The van der Waals surface area contributed by atoms with Crippen molar-refractivity contribution in [3.8, 4) is 5.75 Å². The van der Waals surface area contributed by atoms with E-state index in [1.54, 1.807) is 43.7 Å². The van der Waals surface area contributed by atoms with E-state index in [2.05, 4.69) is 0 Å². The Bertz CT molecular complexity index is 1150. The molecule has 30 heavy (non-hydrogen) atoms. The minimum atomic E-state index is -0.335. The molecule has 2 aromatic carbocycles. The van der Waals surface area contributed by atoms with Crippen molar-refractivity contribution in [2.75, 3.05) is 12.0 Å². The molecule has 1 aromatic heterocycles. The quantitative estimate of drug-likeness (QED) is 0.519. The van der Waals surface area contributed by atoms with E-state index in [4.69, 9.17) is 9.15 Å². The van der Waals surface area contributed by atoms with Crippen LogP contribution in [0.15, 0.2) is 70.2 Å². The molecule has 6 heteroatoms. The summed E-state index contributed by atoms with van der Waals surface area (Å²) in [5.41, 5.74) is 3.84. The number of nitrogens with zero attached hydrogens (tertiary/aromatic N) is 1. The van der Waals surface area contributed by atoms with Gasteiger partial charge in [0.05, 0.1) is 35.3 Å². The average molecular weight is 420 g/mol. The smallest absolute Gasteiger partial charge is 0.272 e. The number of hydrogen-bond donors (Lipinski definition) is 0. The van der Waals surface area contributed by atoms with Crippen molar-refractivity contribution < 1.29 is 18.7 Å². The predicted molar refractivity (Wildman–Crippen MR) is 118 cm³/mol. The first kappa shape index (κ1) is 20.0. The van der Waals surface area contributed by atoms with E-state index in [1.807, 2.05) is 38.1 Å². The van der Waals surface area contributed by atoms with Gasteiger partial charge in [-0.15, -0.1) is 11.8 Å². The van der Waals surface area contributed by atoms with Gasteiger partial charge < -0.3 is 9.15 Å². The Hall–Kier alpha value is -3.25. The van der Waals surface area contributed by atoms with E-state index in [9.17, 15) is 9.59 Å². The van der Waals surface area contributed by atoms with Crippen molar-refractivity contribution in [2.45, 2.75) is 19.6 Å². The maximum atomic E-state index is 13.5. The number of aryl methyl sites for hydroxylation is 2. The average Bonchev–Trinajstić information content (AvgIpc) is 3.34. The van der Waals surface area contributed by atoms with E-state index in [0.717, 1.165) is 22.5 Å². The van der Waals surface area contributed by atoms with Crippen molar-refractivity contribution in [1.29, 1.82) is 0 Å². The van der Waals surface area contributed by atoms with E-state index in [1.165, 1.54) is 16.7 Å². The molecule has 2 heterocycles. The van der Waals surface area contributed by atoms with Crippen molar-refractivity contribution >= 4 is 34.8 Å². The van der Waals surface area contributed by atoms with Gasteiger partial charge in [0.25, 0.3) is 11.8 Å². The molecule has 1 aliphatic heterocycles. The fraction of sp³-hybridized carbons (Fsp3) is 0.167. The zero-order valence-electron chi connectivity index (χ0n) is 17.0. The van der Waals surface area contributed by atoms with E-state index >= 15 is 0 Å². The fourth-order valence-corrected chi connectivity index (χ4v) is 4.33. The topological polar surface area (TPSA) is 59.8 Å². The fourth-order valence-electron chi connectivity index (χ4n) is 3.32. The summed E-state index contributed by atoms with van der Waals surface area (Å²) in [6, 6.07) is 16.4. The van der Waals surface area contributed by atoms with Crippen molar-refractivity contribution in [3.05, 3.63) is 88.2 Å². The number of anilines is 1. The summed E-state index contributed by atoms with van der Waals surface area (Å²) in [6.45, 7) is 4.01. The third kappa shape index (κ3) is 3.66. The highest BCUT2D eigenvalue weighted by Gasteiger charge is 2.40. The van der Waals surface area contributed by atoms with Crippen LogP contribution in [-0.4, -0.2) is 18.9 Å². The molecule has 1 aliphatic rings. The van der Waals surface area contributed by atoms with Crippen LogP contribution >= 0.6 is 11.8 Å². The number of amides is 2. The van der Waals surface area contributed by atoms with Crippen molar-refractivity contribution in [2.24, 2.45) is 0 Å². The Balaban J connectivity index is 1.77. The van der Waals surface area contributed by atoms with Crippen LogP contribution in [0.3, 0.4) is 0 Å². The summed E-state index contributed by atoms with van der Waals surface area (Å²) in [4.78, 5) is 28.5. The lowest BCUT2D eigenvalue weighted by molar-refractivity contribution is -0.119. The maximum absolute atomic E-state index is 13.5. The van der Waals surface area contributed by atoms with E-state index in [0.29, 0.717) is 27.7 Å². The van der Waals surface area contributed by atoms with Crippen LogP contribution in [0.4, 0.5) is 5.69 Å². The second-order valence-corrected chi connectivity index (χ2v) is 8.00. The lowest BCUT2D eigenvalue weighted by Crippen LogP contribution is -2.31. The predicted octanol–water partition coefficient (Wildman–Crippen LogP) is 5.12. The Kier molecular flexibility index (Phi) is 5.50. The number of ether oxygens (including phenoxy) is 1. The van der Waals surface area contributed by atoms with Gasteiger partial charge in [-0.05, 0) is 54.8 Å². The van der Waals surface area contributed by atoms with Gasteiger partial charge in [0, 0.05) is 6.07 Å². The van der Waals surface area contributed by atoms with Gasteiger partial charge in [-0.3, -0.25) is 9.59 Å². The van der Waals surface area contributed by atoms with Gasteiger partial charge in [0.1, 0.15) is 11.5 Å². The summed E-state index contributed by atoms with van der Waals surface area (Å²) in [7, 11) is 1.55. The van der Waals surface area contributed by atoms with Crippen LogP contribution in [0.1, 0.15) is 22.5 Å². The molecule has 0 unspecified atom stereocenters. The number of furan rings is 1. The van der Waals surface area contributed by atoms with Crippen molar-refractivity contribution in [3.63, 3.8) is 0 Å². The molecule has 3 aromatic rings. The van der Waals surface area contributed by atoms with Gasteiger partial charge in [-0.1, -0.05) is 24.3 Å². The minimum absolute atomic E-state index is 0.335. The first-order valence-electron chi connectivity index (χ1n) is 9.49. The van der Waals surface area contributed by atoms with E-state index < -0.39 is 0 Å². The second-order valence-electron chi connectivity index (χ2n) is 7.02. The normalized spacial score (nSPS) is 14.0. The Morgan fingerprint density at radius 3 is 2.50 bits per heavy atom. The number of carbonyl (C=O) groups excluding carboxylic acids is 2. The molecule has 0 aliphatic carbocycles. The molecular weight excluding hydrogens is 398 g/mol. The van der Waals surface area contributed by atoms with Crippen LogP contribution in [0.5, 0.6) is 5.75 Å². The summed E-state index contributed by atoms with van der Waals surface area (Å²) in [6.07, 6.45) is 1.60. The first-order valence-corrected chi connectivity index (χ1v) is 10.5. The van der Waals surface area contributed by atoms with Gasteiger partial charge in [-0.25, -0.2) is 4.90 Å². The van der Waals surface area contributed by atoms with Gasteiger partial charge >= 0.3 is 0 Å². The van der Waals surface area contributed by atoms with Gasteiger partial charge in [-0.2, -0.15) is 0 Å². The third-order valence-corrected chi connectivity index (χ3v) is 6.18. The molecule has 0 radical (unpaired) electrons. The number of hydrogen-bond acceptors (Lipinski definition) is 5. The van der Waals surface area contributed by atoms with Gasteiger partial charge in [0.2, 0.25) is 0 Å². The standard InChI is InChI=1S/C24H21NO4S/c1-15-9-10-17(12-16(15)2)21-22(30-14-20-8-5-11-29-20)24(27)25(23(21)26)18-6-4-7-19(13-18)28-3/h4-13H,14H2,1-3H3. The highest BCUT2D eigenvalue weighted by Crippen LogP contribution is 2.40. The Morgan fingerprint density at radius 1 is 0.967 bits per heavy atom. The second kappa shape index (κ2) is 8.24. The Labute approximate surface area is 179 Å². The molecule has 0 N–H and O–H groups in total. The lowest BCUT2D eigenvalue weighted by Gasteiger charge is -2.16. The molecule has 0 fully saturated rings. The summed E-state index contributed by atoms with van der Waals surface area (Å²) in [5.74, 6) is 1.11. The molecule has 0 saturated carbocycles. The molecule has 2 amide bonds. The molecular formula is C24H21NO4S. The summed E-state index contributed by atoms with van der Waals surface area (Å²) >= 11 is 1.32. The Morgan fingerprint density at radius 2 is 1.80 bits per heavy atom. The van der Waals surface area contributed by atoms with Crippen LogP contribution in [0, 0.1) is 13.8 Å². The highest BCUT2D eigenvalue weighted by molar-refractivity contribution is 8.03. The minimum Gasteiger partial charge on any atom is -0.497 e. The molecule has 5 nitrogen and oxygen atoms in total. The molecule has 0 spiro atoms. The van der Waals surface area contributed by atoms with Crippen LogP contribution < -0.4 is 9.64 Å². The van der Waals surface area contributed by atoms with Crippen LogP contribution in [0.2, 0.25) is 0 Å². The van der Waals surface area contributed by atoms with E-state index in [-0.39, 0.29) is 11.8 Å². The van der Waals surface area contributed by atoms with Crippen LogP contribution in [-0.2, 0) is 15.3 Å². The molecule has 4 rings (SSSR count). The monoisotopic (exact) mass is 419 g/mol. The maximum Gasteiger partial charge on any atom is 0.272 e. The third-order valence-electron chi connectivity index (χ3n) is 5.09. The zero-order chi connectivity index (χ0) is 21.3. The number of rotatable bonds is 6. The summed E-state index contributed by atoms with van der Waals surface area (Å²) < 4.78 is 10.7. The number of carbonyl (C=O) groups is 2. The summed E-state index contributed by atoms with van der Waals surface area (Å²) in [5, 5.41) is 0. The number of methoxy groups -OCH3 is 1. The molecule has 0 saturated heterocycles. The first-order chi connectivity index (χ1) is 14.5. The zero-order valence-corrected chi connectivity index (χ0v) is 17.8. The van der Waals surface area contributed by atoms with Crippen LogP contribution in [0.25, 0.3) is 5.57 Å². The number of imide groups is 1. The van der Waals surface area contributed by atoms with Crippen molar-refractivity contribution in [1.82, 2.24) is 0 Å². The highest BCUT2D eigenvalue weighted by atomic mass is 32.2. The largest absolute Gasteiger partial charge is 0.497 e. The molecule has 0 atom stereocenters. The number of thioether (sulfide) groups is 1. The van der Waals surface area contributed by atoms with Gasteiger partial charge in [0.15, 0.2) is 0 Å².